The molecule has 0 bridgehead atoms. The molecule has 1 atom stereocenters. The molecule has 0 spiro atoms. The van der Waals surface area contributed by atoms with Crippen molar-refractivity contribution in [1.82, 2.24) is 0 Å². The van der Waals surface area contributed by atoms with Crippen LogP contribution in [0.4, 0.5) is 0 Å². The van der Waals surface area contributed by atoms with Crippen molar-refractivity contribution in [2.45, 2.75) is 12.5 Å². The first kappa shape index (κ1) is 11.9. The summed E-state index contributed by atoms with van der Waals surface area (Å²) in [7, 11) is 1.66. The minimum Gasteiger partial charge on any atom is -0.496 e. The van der Waals surface area contributed by atoms with Gasteiger partial charge in [0.15, 0.2) is 0 Å². The molecule has 2 aromatic rings. The fraction of sp³-hybridized carbons (Fsp3) is 0.286. The third-order valence-corrected chi connectivity index (χ3v) is 2.98. The third kappa shape index (κ3) is 2.25. The first-order chi connectivity index (χ1) is 8.27. The normalized spacial score (nSPS) is 12.6. The first-order valence-corrected chi connectivity index (χ1v) is 5.70. The average Bonchev–Trinajstić information content (AvgIpc) is 2.37. The van der Waals surface area contributed by atoms with Gasteiger partial charge in [0, 0.05) is 18.0 Å². The summed E-state index contributed by atoms with van der Waals surface area (Å²) < 4.78 is 5.33. The van der Waals surface area contributed by atoms with Gasteiger partial charge in [-0.1, -0.05) is 30.3 Å². The number of rotatable bonds is 4. The summed E-state index contributed by atoms with van der Waals surface area (Å²) in [5.41, 5.74) is 7.11. The van der Waals surface area contributed by atoms with Crippen molar-refractivity contribution in [3.05, 3.63) is 42.0 Å². The quantitative estimate of drug-likeness (QED) is 0.848. The molecular weight excluding hydrogens is 214 g/mol. The molecular formula is C14H17NO2. The van der Waals surface area contributed by atoms with Crippen LogP contribution in [0, 0.1) is 0 Å². The topological polar surface area (TPSA) is 55.5 Å². The highest BCUT2D eigenvalue weighted by atomic mass is 16.5. The van der Waals surface area contributed by atoms with Gasteiger partial charge in [0.1, 0.15) is 5.75 Å². The van der Waals surface area contributed by atoms with Gasteiger partial charge >= 0.3 is 0 Å². The Morgan fingerprint density at radius 3 is 2.53 bits per heavy atom. The largest absolute Gasteiger partial charge is 0.496 e. The van der Waals surface area contributed by atoms with Crippen molar-refractivity contribution in [2.24, 2.45) is 5.73 Å². The standard InChI is InChI=1S/C14H17NO2/c1-17-14-7-6-11(13(15)8-9-16)10-4-2-3-5-12(10)14/h2-7,13,16H,8-9,15H2,1H3/t13-/m0/s1. The number of benzene rings is 2. The molecule has 0 aliphatic carbocycles. The van der Waals surface area contributed by atoms with E-state index in [4.69, 9.17) is 15.6 Å². The number of hydrogen-bond acceptors (Lipinski definition) is 3. The van der Waals surface area contributed by atoms with Crippen molar-refractivity contribution in [2.75, 3.05) is 13.7 Å². The Hall–Kier alpha value is -1.58. The number of ether oxygens (including phenoxy) is 1. The lowest BCUT2D eigenvalue weighted by atomic mass is 9.97. The van der Waals surface area contributed by atoms with Crippen LogP contribution in [0.25, 0.3) is 10.8 Å². The number of methoxy groups -OCH3 is 1. The molecule has 0 amide bonds. The minimum absolute atomic E-state index is 0.0987. The smallest absolute Gasteiger partial charge is 0.126 e. The summed E-state index contributed by atoms with van der Waals surface area (Å²) in [6.45, 7) is 0.0987. The van der Waals surface area contributed by atoms with E-state index >= 15 is 0 Å². The lowest BCUT2D eigenvalue weighted by Gasteiger charge is -2.15. The van der Waals surface area contributed by atoms with E-state index in [0.717, 1.165) is 22.1 Å². The maximum atomic E-state index is 8.97. The predicted octanol–water partition coefficient (Wildman–Crippen LogP) is 2.23. The second kappa shape index (κ2) is 5.17. The lowest BCUT2D eigenvalue weighted by Crippen LogP contribution is -2.12. The van der Waals surface area contributed by atoms with E-state index in [2.05, 4.69) is 0 Å². The Bertz CT molecular complexity index is 511. The number of aliphatic hydroxyl groups is 1. The summed E-state index contributed by atoms with van der Waals surface area (Å²) >= 11 is 0. The predicted molar refractivity (Wildman–Crippen MR) is 69.1 cm³/mol. The molecule has 90 valence electrons. The van der Waals surface area contributed by atoms with Crippen LogP contribution in [0.1, 0.15) is 18.0 Å². The molecule has 0 radical (unpaired) electrons. The molecule has 0 aliphatic rings. The molecule has 0 aromatic heterocycles. The number of fused-ring (bicyclic) bond motifs is 1. The molecule has 0 saturated heterocycles. The molecule has 2 rings (SSSR count). The zero-order chi connectivity index (χ0) is 12.3. The van der Waals surface area contributed by atoms with E-state index in [-0.39, 0.29) is 12.6 Å². The van der Waals surface area contributed by atoms with E-state index in [0.29, 0.717) is 6.42 Å². The number of hydrogen-bond donors (Lipinski definition) is 2. The summed E-state index contributed by atoms with van der Waals surface area (Å²) in [6, 6.07) is 11.8. The van der Waals surface area contributed by atoms with Crippen LogP contribution in [0.3, 0.4) is 0 Å². The highest BCUT2D eigenvalue weighted by molar-refractivity contribution is 5.91. The molecule has 17 heavy (non-hydrogen) atoms. The van der Waals surface area contributed by atoms with Crippen LogP contribution in [0.5, 0.6) is 5.75 Å². The Morgan fingerprint density at radius 1 is 1.18 bits per heavy atom. The van der Waals surface area contributed by atoms with Crippen LogP contribution in [-0.2, 0) is 0 Å². The van der Waals surface area contributed by atoms with Crippen LogP contribution >= 0.6 is 0 Å². The molecule has 0 aliphatic heterocycles. The fourth-order valence-electron chi connectivity index (χ4n) is 2.09. The second-order valence-corrected chi connectivity index (χ2v) is 4.02. The summed E-state index contributed by atoms with van der Waals surface area (Å²) in [5.74, 6) is 0.848. The SMILES string of the molecule is COc1ccc([C@@H](N)CCO)c2ccccc12. The van der Waals surface area contributed by atoms with E-state index in [1.165, 1.54) is 0 Å². The van der Waals surface area contributed by atoms with E-state index in [1.807, 2.05) is 36.4 Å². The molecule has 0 heterocycles. The molecule has 0 fully saturated rings. The molecule has 3 nitrogen and oxygen atoms in total. The van der Waals surface area contributed by atoms with Gasteiger partial charge in [0.25, 0.3) is 0 Å². The van der Waals surface area contributed by atoms with Crippen LogP contribution in [0.15, 0.2) is 36.4 Å². The summed E-state index contributed by atoms with van der Waals surface area (Å²) in [4.78, 5) is 0. The second-order valence-electron chi connectivity index (χ2n) is 4.02. The Kier molecular flexibility index (Phi) is 3.61. The Labute approximate surface area is 101 Å². The zero-order valence-electron chi connectivity index (χ0n) is 9.89. The molecule has 0 unspecified atom stereocenters. The number of aliphatic hydroxyl groups excluding tert-OH is 1. The maximum Gasteiger partial charge on any atom is 0.126 e. The maximum absolute atomic E-state index is 8.97. The lowest BCUT2D eigenvalue weighted by molar-refractivity contribution is 0.277. The van der Waals surface area contributed by atoms with Gasteiger partial charge in [-0.05, 0) is 23.4 Å². The van der Waals surface area contributed by atoms with E-state index < -0.39 is 0 Å². The highest BCUT2D eigenvalue weighted by Gasteiger charge is 2.11. The molecule has 2 aromatic carbocycles. The molecule has 3 heteroatoms. The third-order valence-electron chi connectivity index (χ3n) is 2.98. The fourth-order valence-corrected chi connectivity index (χ4v) is 2.09. The summed E-state index contributed by atoms with van der Waals surface area (Å²) in [6.07, 6.45) is 0.566. The van der Waals surface area contributed by atoms with Crippen molar-refractivity contribution < 1.29 is 9.84 Å². The molecule has 3 N–H and O–H groups in total. The van der Waals surface area contributed by atoms with Crippen LogP contribution in [-0.4, -0.2) is 18.8 Å². The average molecular weight is 231 g/mol. The first-order valence-electron chi connectivity index (χ1n) is 5.70. The van der Waals surface area contributed by atoms with E-state index in [1.54, 1.807) is 7.11 Å². The highest BCUT2D eigenvalue weighted by Crippen LogP contribution is 2.31. The monoisotopic (exact) mass is 231 g/mol. The molecule has 0 saturated carbocycles. The summed E-state index contributed by atoms with van der Waals surface area (Å²) in [5, 5.41) is 11.1. The van der Waals surface area contributed by atoms with Gasteiger partial charge in [-0.15, -0.1) is 0 Å². The van der Waals surface area contributed by atoms with Gasteiger partial charge in [0.2, 0.25) is 0 Å². The van der Waals surface area contributed by atoms with Crippen LogP contribution in [0.2, 0.25) is 0 Å². The van der Waals surface area contributed by atoms with Gasteiger partial charge in [-0.25, -0.2) is 0 Å². The van der Waals surface area contributed by atoms with Gasteiger partial charge in [-0.3, -0.25) is 0 Å². The van der Waals surface area contributed by atoms with Crippen molar-refractivity contribution in [1.29, 1.82) is 0 Å². The van der Waals surface area contributed by atoms with Gasteiger partial charge in [0.05, 0.1) is 7.11 Å². The van der Waals surface area contributed by atoms with Gasteiger partial charge < -0.3 is 15.6 Å². The van der Waals surface area contributed by atoms with Crippen molar-refractivity contribution >= 4 is 10.8 Å². The van der Waals surface area contributed by atoms with Crippen molar-refractivity contribution in [3.8, 4) is 5.75 Å². The number of nitrogens with two attached hydrogens (primary N) is 1. The van der Waals surface area contributed by atoms with Gasteiger partial charge in [-0.2, -0.15) is 0 Å². The Morgan fingerprint density at radius 2 is 1.88 bits per heavy atom. The Balaban J connectivity index is 2.58. The van der Waals surface area contributed by atoms with E-state index in [9.17, 15) is 0 Å². The van der Waals surface area contributed by atoms with Crippen LogP contribution < -0.4 is 10.5 Å². The minimum atomic E-state index is -0.143. The van der Waals surface area contributed by atoms with Crippen molar-refractivity contribution in [3.63, 3.8) is 0 Å². The zero-order valence-corrected chi connectivity index (χ0v) is 9.89.